The number of carboxylic acid groups (broad SMARTS) is 1. The molecular weight excluding hydrogens is 258 g/mol. The fraction of sp³-hybridized carbons (Fsp3) is 0.643. The highest BCUT2D eigenvalue weighted by atomic mass is 16.4. The quantitative estimate of drug-likeness (QED) is 0.723. The van der Waals surface area contributed by atoms with E-state index in [2.05, 4.69) is 17.3 Å². The Morgan fingerprint density at radius 1 is 1.40 bits per heavy atom. The molecule has 20 heavy (non-hydrogen) atoms. The first-order valence-corrected chi connectivity index (χ1v) is 7.02. The molecule has 0 aliphatic heterocycles. The van der Waals surface area contributed by atoms with E-state index in [1.165, 1.54) is 4.68 Å². The molecule has 0 fully saturated rings. The zero-order valence-electron chi connectivity index (χ0n) is 12.1. The Bertz CT molecular complexity index is 443. The summed E-state index contributed by atoms with van der Waals surface area (Å²) < 4.78 is 1.53. The van der Waals surface area contributed by atoms with Crippen LogP contribution in [0.2, 0.25) is 0 Å². The number of hydrogen-bond acceptors (Lipinski definition) is 3. The summed E-state index contributed by atoms with van der Waals surface area (Å²) in [4.78, 5) is 22.5. The van der Waals surface area contributed by atoms with Gasteiger partial charge in [-0.3, -0.25) is 14.3 Å². The summed E-state index contributed by atoms with van der Waals surface area (Å²) in [6.45, 7) is 2.65. The predicted octanol–water partition coefficient (Wildman–Crippen LogP) is 1.82. The van der Waals surface area contributed by atoms with E-state index in [-0.39, 0.29) is 12.3 Å². The smallest absolute Gasteiger partial charge is 0.303 e. The average molecular weight is 281 g/mol. The lowest BCUT2D eigenvalue weighted by Gasteiger charge is -2.15. The van der Waals surface area contributed by atoms with E-state index in [9.17, 15) is 9.59 Å². The van der Waals surface area contributed by atoms with Crippen molar-refractivity contribution in [2.75, 3.05) is 6.54 Å². The molecule has 0 spiro atoms. The maximum Gasteiger partial charge on any atom is 0.303 e. The lowest BCUT2D eigenvalue weighted by molar-refractivity contribution is -0.137. The van der Waals surface area contributed by atoms with Crippen LogP contribution >= 0.6 is 0 Å². The van der Waals surface area contributed by atoms with E-state index in [0.717, 1.165) is 19.3 Å². The Kier molecular flexibility index (Phi) is 6.76. The minimum absolute atomic E-state index is 0.140. The number of carboxylic acids is 1. The molecule has 0 aromatic carbocycles. The molecule has 2 N–H and O–H groups in total. The van der Waals surface area contributed by atoms with Crippen molar-refractivity contribution in [1.82, 2.24) is 15.1 Å². The van der Waals surface area contributed by atoms with E-state index in [1.54, 1.807) is 19.3 Å². The zero-order valence-corrected chi connectivity index (χ0v) is 12.1. The maximum absolute atomic E-state index is 11.9. The number of aliphatic carboxylic acids is 1. The van der Waals surface area contributed by atoms with Gasteiger partial charge in [-0.05, 0) is 24.8 Å². The average Bonchev–Trinajstić information content (AvgIpc) is 2.82. The summed E-state index contributed by atoms with van der Waals surface area (Å²) in [5, 5.41) is 15.5. The second kappa shape index (κ2) is 8.35. The van der Waals surface area contributed by atoms with Crippen LogP contribution in [0.25, 0.3) is 0 Å². The number of hydrogen-bond donors (Lipinski definition) is 2. The van der Waals surface area contributed by atoms with Gasteiger partial charge in [-0.2, -0.15) is 5.10 Å². The van der Waals surface area contributed by atoms with Crippen molar-refractivity contribution in [2.45, 2.75) is 39.0 Å². The van der Waals surface area contributed by atoms with Crippen LogP contribution in [0.5, 0.6) is 0 Å². The van der Waals surface area contributed by atoms with Crippen LogP contribution in [-0.4, -0.2) is 33.3 Å². The monoisotopic (exact) mass is 281 g/mol. The van der Waals surface area contributed by atoms with Gasteiger partial charge in [0, 0.05) is 26.2 Å². The molecule has 1 aromatic heterocycles. The van der Waals surface area contributed by atoms with Crippen molar-refractivity contribution < 1.29 is 14.7 Å². The highest BCUT2D eigenvalue weighted by molar-refractivity contribution is 5.92. The predicted molar refractivity (Wildman–Crippen MR) is 75.4 cm³/mol. The van der Waals surface area contributed by atoms with Crippen LogP contribution in [0, 0.1) is 5.92 Å². The standard InChI is InChI=1S/C14H23N3O3/c1-3-4-11(5-6-13(18)19)7-9-15-14(20)12-8-10-16-17(12)2/h8,10-11H,3-7,9H2,1-2H3,(H,15,20)(H,18,19). The third kappa shape index (κ3) is 5.42. The van der Waals surface area contributed by atoms with Gasteiger partial charge in [-0.25, -0.2) is 0 Å². The van der Waals surface area contributed by atoms with E-state index in [1.807, 2.05) is 0 Å². The first kappa shape index (κ1) is 16.2. The number of rotatable bonds is 9. The number of carbonyl (C=O) groups excluding carboxylic acids is 1. The molecule has 0 saturated heterocycles. The number of nitrogens with one attached hydrogen (secondary N) is 1. The molecule has 1 amide bonds. The maximum atomic E-state index is 11.9. The first-order chi connectivity index (χ1) is 9.54. The first-order valence-electron chi connectivity index (χ1n) is 7.02. The lowest BCUT2D eigenvalue weighted by atomic mass is 9.94. The third-order valence-corrected chi connectivity index (χ3v) is 3.36. The molecule has 0 radical (unpaired) electrons. The number of nitrogens with zero attached hydrogens (tertiary/aromatic N) is 2. The van der Waals surface area contributed by atoms with E-state index in [0.29, 0.717) is 24.6 Å². The summed E-state index contributed by atoms with van der Waals surface area (Å²) in [5.41, 5.74) is 0.530. The van der Waals surface area contributed by atoms with Gasteiger partial charge in [0.05, 0.1) is 0 Å². The van der Waals surface area contributed by atoms with Crippen LogP contribution in [-0.2, 0) is 11.8 Å². The van der Waals surface area contributed by atoms with Gasteiger partial charge < -0.3 is 10.4 Å². The summed E-state index contributed by atoms with van der Waals surface area (Å²) in [7, 11) is 1.72. The number of aromatic nitrogens is 2. The van der Waals surface area contributed by atoms with E-state index in [4.69, 9.17) is 5.11 Å². The molecule has 1 atom stereocenters. The molecular formula is C14H23N3O3. The fourth-order valence-corrected chi connectivity index (χ4v) is 2.25. The normalized spacial score (nSPS) is 12.1. The minimum atomic E-state index is -0.759. The molecule has 1 unspecified atom stereocenters. The van der Waals surface area contributed by atoms with Crippen molar-refractivity contribution in [3.63, 3.8) is 0 Å². The summed E-state index contributed by atoms with van der Waals surface area (Å²) in [6.07, 6.45) is 5.28. The topological polar surface area (TPSA) is 84.2 Å². The van der Waals surface area contributed by atoms with Crippen molar-refractivity contribution in [3.05, 3.63) is 18.0 Å². The van der Waals surface area contributed by atoms with Crippen molar-refractivity contribution in [2.24, 2.45) is 13.0 Å². The van der Waals surface area contributed by atoms with Crippen molar-refractivity contribution in [1.29, 1.82) is 0 Å². The molecule has 1 aromatic rings. The molecule has 112 valence electrons. The summed E-state index contributed by atoms with van der Waals surface area (Å²) in [5.74, 6) is -0.550. The number of carbonyl (C=O) groups is 2. The molecule has 0 bridgehead atoms. The van der Waals surface area contributed by atoms with Crippen LogP contribution in [0.1, 0.15) is 49.5 Å². The molecule has 6 heteroatoms. The Labute approximate surface area is 119 Å². The minimum Gasteiger partial charge on any atom is -0.481 e. The van der Waals surface area contributed by atoms with Gasteiger partial charge in [-0.1, -0.05) is 19.8 Å². The Morgan fingerprint density at radius 3 is 2.70 bits per heavy atom. The largest absolute Gasteiger partial charge is 0.481 e. The SMILES string of the molecule is CCCC(CCNC(=O)c1ccnn1C)CCC(=O)O. The number of amides is 1. The molecule has 1 heterocycles. The number of aryl methyl sites for hydroxylation is 1. The van der Waals surface area contributed by atoms with Crippen molar-refractivity contribution >= 4 is 11.9 Å². The van der Waals surface area contributed by atoms with Gasteiger partial charge in [0.25, 0.3) is 5.91 Å². The highest BCUT2D eigenvalue weighted by Gasteiger charge is 2.12. The second-order valence-corrected chi connectivity index (χ2v) is 4.97. The van der Waals surface area contributed by atoms with Crippen LogP contribution < -0.4 is 5.32 Å². The van der Waals surface area contributed by atoms with Gasteiger partial charge in [0.2, 0.25) is 0 Å². The molecule has 6 nitrogen and oxygen atoms in total. The second-order valence-electron chi connectivity index (χ2n) is 4.97. The Morgan fingerprint density at radius 2 is 2.15 bits per heavy atom. The van der Waals surface area contributed by atoms with Gasteiger partial charge in [-0.15, -0.1) is 0 Å². The van der Waals surface area contributed by atoms with Gasteiger partial charge in [0.1, 0.15) is 5.69 Å². The third-order valence-electron chi connectivity index (χ3n) is 3.36. The van der Waals surface area contributed by atoms with Gasteiger partial charge in [0.15, 0.2) is 0 Å². The summed E-state index contributed by atoms with van der Waals surface area (Å²) in [6, 6.07) is 1.67. The van der Waals surface area contributed by atoms with Crippen LogP contribution in [0.3, 0.4) is 0 Å². The molecule has 1 rings (SSSR count). The Balaban J connectivity index is 2.34. The molecule has 0 aliphatic rings. The lowest BCUT2D eigenvalue weighted by Crippen LogP contribution is -2.27. The van der Waals surface area contributed by atoms with E-state index < -0.39 is 5.97 Å². The van der Waals surface area contributed by atoms with Crippen LogP contribution in [0.15, 0.2) is 12.3 Å². The molecule has 0 saturated carbocycles. The fourth-order valence-electron chi connectivity index (χ4n) is 2.25. The summed E-state index contributed by atoms with van der Waals surface area (Å²) >= 11 is 0. The van der Waals surface area contributed by atoms with Crippen molar-refractivity contribution in [3.8, 4) is 0 Å². The molecule has 0 aliphatic carbocycles. The Hall–Kier alpha value is -1.85. The van der Waals surface area contributed by atoms with E-state index >= 15 is 0 Å². The zero-order chi connectivity index (χ0) is 15.0. The van der Waals surface area contributed by atoms with Gasteiger partial charge >= 0.3 is 5.97 Å². The van der Waals surface area contributed by atoms with Crippen LogP contribution in [0.4, 0.5) is 0 Å². The highest BCUT2D eigenvalue weighted by Crippen LogP contribution is 2.17.